The Morgan fingerprint density at radius 1 is 1.30 bits per heavy atom. The van der Waals surface area contributed by atoms with Gasteiger partial charge < -0.3 is 15.6 Å². The van der Waals surface area contributed by atoms with Crippen molar-refractivity contribution in [2.45, 2.75) is 6.61 Å². The maximum atomic E-state index is 10.8. The molecule has 5 nitrogen and oxygen atoms in total. The van der Waals surface area contributed by atoms with E-state index >= 15 is 0 Å². The topological polar surface area (TPSA) is 96.3 Å². The van der Waals surface area contributed by atoms with Crippen molar-refractivity contribution in [2.24, 2.45) is 0 Å². The predicted octanol–water partition coefficient (Wildman–Crippen LogP) is 2.42. The maximum Gasteiger partial charge on any atom is 0.337 e. The minimum Gasteiger partial charge on any atom is -0.489 e. The number of hydrogen-bond acceptors (Lipinski definition) is 4. The summed E-state index contributed by atoms with van der Waals surface area (Å²) in [5.41, 5.74) is 7.25. The predicted molar refractivity (Wildman–Crippen MR) is 73.3 cm³/mol. The molecule has 0 aliphatic rings. The third-order valence-electron chi connectivity index (χ3n) is 2.72. The molecule has 3 N–H and O–H groups in total. The van der Waals surface area contributed by atoms with E-state index in [9.17, 15) is 4.79 Å². The van der Waals surface area contributed by atoms with Crippen molar-refractivity contribution in [3.05, 3.63) is 59.2 Å². The van der Waals surface area contributed by atoms with E-state index in [1.807, 2.05) is 6.07 Å². The summed E-state index contributed by atoms with van der Waals surface area (Å²) in [6, 6.07) is 13.5. The van der Waals surface area contributed by atoms with Crippen molar-refractivity contribution in [1.82, 2.24) is 0 Å². The van der Waals surface area contributed by atoms with Crippen LogP contribution in [0.25, 0.3) is 0 Å². The van der Waals surface area contributed by atoms with Gasteiger partial charge in [-0.05, 0) is 29.8 Å². The number of ether oxygens (including phenoxy) is 1. The minimum absolute atomic E-state index is 0.0452. The summed E-state index contributed by atoms with van der Waals surface area (Å²) in [5.74, 6) is -0.592. The van der Waals surface area contributed by atoms with Crippen LogP contribution in [-0.2, 0) is 6.61 Å². The van der Waals surface area contributed by atoms with E-state index in [4.69, 9.17) is 20.8 Å². The first-order valence-corrected chi connectivity index (χ1v) is 5.85. The number of nitriles is 1. The Morgan fingerprint density at radius 2 is 2.10 bits per heavy atom. The molecule has 0 heterocycles. The number of nitrogens with two attached hydrogens (primary N) is 1. The first-order chi connectivity index (χ1) is 9.60. The zero-order chi connectivity index (χ0) is 14.5. The fourth-order valence-corrected chi connectivity index (χ4v) is 1.72. The summed E-state index contributed by atoms with van der Waals surface area (Å²) in [4.78, 5) is 10.8. The summed E-state index contributed by atoms with van der Waals surface area (Å²) in [6.45, 7) is 0.279. The molecule has 2 rings (SSSR count). The van der Waals surface area contributed by atoms with Crippen LogP contribution in [0.3, 0.4) is 0 Å². The molecule has 2 aromatic rings. The van der Waals surface area contributed by atoms with Crippen LogP contribution in [0.2, 0.25) is 0 Å². The second kappa shape index (κ2) is 5.76. The molecule has 0 aliphatic carbocycles. The van der Waals surface area contributed by atoms with Gasteiger partial charge >= 0.3 is 5.97 Å². The highest BCUT2D eigenvalue weighted by Crippen LogP contribution is 2.21. The standard InChI is InChI=1S/C15H12N2O3/c16-8-10-2-1-3-11(6-10)9-20-12-4-5-13(15(18)19)14(17)7-12/h1-7H,9,17H2,(H,18,19). The number of nitrogen functional groups attached to an aromatic ring is 1. The van der Waals surface area contributed by atoms with Crippen molar-refractivity contribution in [2.75, 3.05) is 5.73 Å². The number of aromatic carboxylic acids is 1. The molecule has 0 aromatic heterocycles. The number of nitrogens with zero attached hydrogens (tertiary/aromatic N) is 1. The molecule has 0 saturated heterocycles. The van der Waals surface area contributed by atoms with Gasteiger partial charge in [0.25, 0.3) is 0 Å². The van der Waals surface area contributed by atoms with Gasteiger partial charge in [0.05, 0.1) is 17.2 Å². The number of carboxylic acid groups (broad SMARTS) is 1. The normalized spacial score (nSPS) is 9.75. The highest BCUT2D eigenvalue weighted by atomic mass is 16.5. The number of anilines is 1. The molecule has 0 unspecified atom stereocenters. The lowest BCUT2D eigenvalue weighted by molar-refractivity contribution is 0.0698. The van der Waals surface area contributed by atoms with E-state index in [0.717, 1.165) is 5.56 Å². The van der Waals surface area contributed by atoms with Gasteiger partial charge in [0.2, 0.25) is 0 Å². The van der Waals surface area contributed by atoms with Crippen LogP contribution in [0.5, 0.6) is 5.75 Å². The third kappa shape index (κ3) is 3.06. The second-order valence-corrected chi connectivity index (χ2v) is 4.16. The van der Waals surface area contributed by atoms with Gasteiger partial charge in [-0.25, -0.2) is 4.79 Å². The Labute approximate surface area is 115 Å². The van der Waals surface area contributed by atoms with Crippen LogP contribution in [0, 0.1) is 11.3 Å². The molecule has 0 spiro atoms. The fourth-order valence-electron chi connectivity index (χ4n) is 1.72. The second-order valence-electron chi connectivity index (χ2n) is 4.16. The zero-order valence-electron chi connectivity index (χ0n) is 10.5. The quantitative estimate of drug-likeness (QED) is 0.830. The number of benzene rings is 2. The molecule has 2 aromatic carbocycles. The summed E-state index contributed by atoms with van der Waals surface area (Å²) in [6.07, 6.45) is 0. The van der Waals surface area contributed by atoms with E-state index in [0.29, 0.717) is 11.3 Å². The molecule has 0 atom stereocenters. The van der Waals surface area contributed by atoms with Crippen LogP contribution >= 0.6 is 0 Å². The van der Waals surface area contributed by atoms with E-state index in [1.54, 1.807) is 24.3 Å². The van der Waals surface area contributed by atoms with Crippen molar-refractivity contribution >= 4 is 11.7 Å². The minimum atomic E-state index is -1.07. The molecule has 0 aliphatic heterocycles. The lowest BCUT2D eigenvalue weighted by Crippen LogP contribution is -2.03. The number of carboxylic acids is 1. The van der Waals surface area contributed by atoms with Crippen LogP contribution in [0.15, 0.2) is 42.5 Å². The number of carbonyl (C=O) groups is 1. The van der Waals surface area contributed by atoms with Crippen LogP contribution < -0.4 is 10.5 Å². The van der Waals surface area contributed by atoms with Gasteiger partial charge in [-0.3, -0.25) is 0 Å². The largest absolute Gasteiger partial charge is 0.489 e. The van der Waals surface area contributed by atoms with E-state index in [-0.39, 0.29) is 17.9 Å². The molecule has 0 saturated carbocycles. The highest BCUT2D eigenvalue weighted by Gasteiger charge is 2.08. The average Bonchev–Trinajstić information content (AvgIpc) is 2.45. The van der Waals surface area contributed by atoms with Gasteiger partial charge in [0, 0.05) is 11.8 Å². The molecule has 0 bridgehead atoms. The Bertz CT molecular complexity index is 690. The Hall–Kier alpha value is -3.00. The smallest absolute Gasteiger partial charge is 0.337 e. The fraction of sp³-hybridized carbons (Fsp3) is 0.0667. The van der Waals surface area contributed by atoms with Gasteiger partial charge in [-0.1, -0.05) is 12.1 Å². The monoisotopic (exact) mass is 268 g/mol. The van der Waals surface area contributed by atoms with Crippen molar-refractivity contribution in [1.29, 1.82) is 5.26 Å². The summed E-state index contributed by atoms with van der Waals surface area (Å²) >= 11 is 0. The summed E-state index contributed by atoms with van der Waals surface area (Å²) in [7, 11) is 0. The van der Waals surface area contributed by atoms with Gasteiger partial charge in [-0.2, -0.15) is 5.26 Å². The molecular formula is C15H12N2O3. The summed E-state index contributed by atoms with van der Waals surface area (Å²) in [5, 5.41) is 17.7. The highest BCUT2D eigenvalue weighted by molar-refractivity contribution is 5.93. The number of rotatable bonds is 4. The first-order valence-electron chi connectivity index (χ1n) is 5.85. The zero-order valence-corrected chi connectivity index (χ0v) is 10.5. The Kier molecular flexibility index (Phi) is 3.87. The third-order valence-corrected chi connectivity index (χ3v) is 2.72. The van der Waals surface area contributed by atoms with Crippen LogP contribution in [0.1, 0.15) is 21.5 Å². The molecule has 5 heteroatoms. The molecule has 0 radical (unpaired) electrons. The van der Waals surface area contributed by atoms with Gasteiger partial charge in [-0.15, -0.1) is 0 Å². The van der Waals surface area contributed by atoms with Crippen LogP contribution in [-0.4, -0.2) is 11.1 Å². The maximum absolute atomic E-state index is 10.8. The van der Waals surface area contributed by atoms with Gasteiger partial charge in [0.15, 0.2) is 0 Å². The van der Waals surface area contributed by atoms with E-state index < -0.39 is 5.97 Å². The van der Waals surface area contributed by atoms with Gasteiger partial charge in [0.1, 0.15) is 12.4 Å². The molecule has 20 heavy (non-hydrogen) atoms. The number of hydrogen-bond donors (Lipinski definition) is 2. The Morgan fingerprint density at radius 3 is 2.75 bits per heavy atom. The Balaban J connectivity index is 2.09. The van der Waals surface area contributed by atoms with Crippen LogP contribution in [0.4, 0.5) is 5.69 Å². The molecule has 100 valence electrons. The SMILES string of the molecule is N#Cc1cccc(COc2ccc(C(=O)O)c(N)c2)c1. The lowest BCUT2D eigenvalue weighted by atomic mass is 10.1. The summed E-state index contributed by atoms with van der Waals surface area (Å²) < 4.78 is 5.52. The van der Waals surface area contributed by atoms with E-state index in [1.165, 1.54) is 12.1 Å². The van der Waals surface area contributed by atoms with Crippen molar-refractivity contribution in [3.63, 3.8) is 0 Å². The van der Waals surface area contributed by atoms with Crippen molar-refractivity contribution < 1.29 is 14.6 Å². The molecule has 0 amide bonds. The molecular weight excluding hydrogens is 256 g/mol. The lowest BCUT2D eigenvalue weighted by Gasteiger charge is -2.08. The van der Waals surface area contributed by atoms with E-state index in [2.05, 4.69) is 6.07 Å². The first kappa shape index (κ1) is 13.4. The van der Waals surface area contributed by atoms with Crippen molar-refractivity contribution in [3.8, 4) is 11.8 Å². The average molecular weight is 268 g/mol. The molecule has 0 fully saturated rings.